The average molecular weight is 371 g/mol. The molecule has 0 bridgehead atoms. The molecule has 0 saturated carbocycles. The van der Waals surface area contributed by atoms with Crippen molar-refractivity contribution in [3.8, 4) is 5.75 Å². The summed E-state index contributed by atoms with van der Waals surface area (Å²) >= 11 is 1.33. The predicted octanol–water partition coefficient (Wildman–Crippen LogP) is 4.10. The van der Waals surface area contributed by atoms with Crippen LogP contribution in [0.25, 0.3) is 5.57 Å². The minimum atomic E-state index is -0.254. The van der Waals surface area contributed by atoms with Crippen molar-refractivity contribution in [2.75, 3.05) is 6.61 Å². The molecule has 1 aliphatic rings. The summed E-state index contributed by atoms with van der Waals surface area (Å²) in [5.74, 6) is 1.49. The van der Waals surface area contributed by atoms with Gasteiger partial charge >= 0.3 is 0 Å². The number of thioether (sulfide) groups is 1. The monoisotopic (exact) mass is 371 g/mol. The van der Waals surface area contributed by atoms with E-state index in [1.165, 1.54) is 16.7 Å². The number of imide groups is 1. The van der Waals surface area contributed by atoms with E-state index in [0.29, 0.717) is 22.8 Å². The second-order valence-corrected chi connectivity index (χ2v) is 7.09. The summed E-state index contributed by atoms with van der Waals surface area (Å²) in [6.45, 7) is 6.17. The van der Waals surface area contributed by atoms with Crippen LogP contribution in [0.2, 0.25) is 0 Å². The van der Waals surface area contributed by atoms with Gasteiger partial charge in [0.2, 0.25) is 0 Å². The van der Waals surface area contributed by atoms with Crippen molar-refractivity contribution in [3.63, 3.8) is 0 Å². The van der Waals surface area contributed by atoms with Crippen LogP contribution >= 0.6 is 11.8 Å². The Morgan fingerprint density at radius 1 is 1.12 bits per heavy atom. The third-order valence-corrected chi connectivity index (χ3v) is 5.08. The molecule has 6 heteroatoms. The lowest BCUT2D eigenvalue weighted by Gasteiger charge is -2.19. The number of carbonyl (C=O) groups is 2. The van der Waals surface area contributed by atoms with Crippen molar-refractivity contribution >= 4 is 29.1 Å². The van der Waals surface area contributed by atoms with Gasteiger partial charge in [0.15, 0.2) is 0 Å². The molecule has 1 aromatic heterocycles. The van der Waals surface area contributed by atoms with Gasteiger partial charge in [-0.3, -0.25) is 14.5 Å². The van der Waals surface area contributed by atoms with Crippen LogP contribution in [0.15, 0.2) is 52.0 Å². The minimum Gasteiger partial charge on any atom is -0.494 e. The molecule has 0 spiro atoms. The Labute approximate surface area is 157 Å². The maximum atomic E-state index is 12.9. The number of nitrogens with zero attached hydrogens (tertiary/aromatic N) is 1. The van der Waals surface area contributed by atoms with Crippen molar-refractivity contribution in [2.45, 2.75) is 32.6 Å². The number of furan rings is 1. The van der Waals surface area contributed by atoms with E-state index in [0.717, 1.165) is 17.1 Å². The van der Waals surface area contributed by atoms with Gasteiger partial charge in [-0.25, -0.2) is 0 Å². The molecule has 136 valence electrons. The van der Waals surface area contributed by atoms with E-state index in [1.807, 2.05) is 51.1 Å². The summed E-state index contributed by atoms with van der Waals surface area (Å²) in [6, 6.07) is 10.7. The number of ether oxygens (including phenoxy) is 1. The fourth-order valence-corrected chi connectivity index (χ4v) is 3.83. The second kappa shape index (κ2) is 7.83. The smallest absolute Gasteiger partial charge is 0.268 e. The molecule has 0 aliphatic carbocycles. The molecule has 2 amide bonds. The molecule has 1 aliphatic heterocycles. The highest BCUT2D eigenvalue weighted by Gasteiger charge is 2.40. The Bertz CT molecular complexity index is 822. The number of amides is 2. The molecular weight excluding hydrogens is 350 g/mol. The average Bonchev–Trinajstić information content (AvgIpc) is 3.20. The van der Waals surface area contributed by atoms with Crippen LogP contribution in [0.3, 0.4) is 0 Å². The standard InChI is InChI=1S/C20H21NO4S/c1-4-24-15-9-7-14(8-10-15)17-18(26-12-16-6-5-11-25-16)20(23)21(13(2)3)19(17)22/h5-11,13H,4,12H2,1-3H3. The van der Waals surface area contributed by atoms with E-state index in [9.17, 15) is 9.59 Å². The number of carbonyl (C=O) groups excluding carboxylic acids is 2. The third-order valence-electron chi connectivity index (χ3n) is 3.98. The van der Waals surface area contributed by atoms with Gasteiger partial charge in [0.25, 0.3) is 11.8 Å². The fourth-order valence-electron chi connectivity index (χ4n) is 2.81. The van der Waals surface area contributed by atoms with Gasteiger partial charge < -0.3 is 9.15 Å². The van der Waals surface area contributed by atoms with E-state index in [4.69, 9.17) is 9.15 Å². The summed E-state index contributed by atoms with van der Waals surface area (Å²) < 4.78 is 10.8. The molecule has 2 aromatic rings. The Balaban J connectivity index is 1.95. The molecule has 3 rings (SSSR count). The molecule has 2 heterocycles. The molecule has 26 heavy (non-hydrogen) atoms. The topological polar surface area (TPSA) is 59.8 Å². The summed E-state index contributed by atoms with van der Waals surface area (Å²) in [6.07, 6.45) is 1.60. The zero-order valence-corrected chi connectivity index (χ0v) is 15.8. The first-order valence-corrected chi connectivity index (χ1v) is 9.52. The predicted molar refractivity (Wildman–Crippen MR) is 102 cm³/mol. The van der Waals surface area contributed by atoms with E-state index in [-0.39, 0.29) is 17.9 Å². The van der Waals surface area contributed by atoms with Crippen LogP contribution in [0.5, 0.6) is 5.75 Å². The van der Waals surface area contributed by atoms with Crippen LogP contribution in [0.4, 0.5) is 0 Å². The summed E-state index contributed by atoms with van der Waals surface area (Å²) in [4.78, 5) is 27.5. The van der Waals surface area contributed by atoms with Crippen LogP contribution in [0.1, 0.15) is 32.1 Å². The second-order valence-electron chi connectivity index (χ2n) is 6.10. The van der Waals surface area contributed by atoms with Gasteiger partial charge in [-0.05, 0) is 50.6 Å². The zero-order chi connectivity index (χ0) is 18.7. The lowest BCUT2D eigenvalue weighted by atomic mass is 10.1. The quantitative estimate of drug-likeness (QED) is 0.686. The Morgan fingerprint density at radius 3 is 2.42 bits per heavy atom. The van der Waals surface area contributed by atoms with Gasteiger partial charge in [0, 0.05) is 6.04 Å². The fraction of sp³-hybridized carbons (Fsp3) is 0.300. The van der Waals surface area contributed by atoms with Gasteiger partial charge in [-0.15, -0.1) is 11.8 Å². The molecule has 5 nitrogen and oxygen atoms in total. The molecule has 0 N–H and O–H groups in total. The van der Waals surface area contributed by atoms with Crippen molar-refractivity contribution in [1.82, 2.24) is 4.90 Å². The minimum absolute atomic E-state index is 0.200. The Hall–Kier alpha value is -2.47. The van der Waals surface area contributed by atoms with E-state index >= 15 is 0 Å². The summed E-state index contributed by atoms with van der Waals surface area (Å²) in [5, 5.41) is 0. The molecular formula is C20H21NO4S. The van der Waals surface area contributed by atoms with Crippen molar-refractivity contribution in [1.29, 1.82) is 0 Å². The molecule has 0 atom stereocenters. The molecule has 1 aromatic carbocycles. The number of benzene rings is 1. The van der Waals surface area contributed by atoms with Crippen LogP contribution in [-0.2, 0) is 15.3 Å². The van der Waals surface area contributed by atoms with Crippen LogP contribution < -0.4 is 4.74 Å². The van der Waals surface area contributed by atoms with Gasteiger partial charge in [0.05, 0.1) is 29.1 Å². The van der Waals surface area contributed by atoms with Crippen molar-refractivity contribution in [3.05, 3.63) is 58.9 Å². The molecule has 0 fully saturated rings. The molecule has 0 saturated heterocycles. The lowest BCUT2D eigenvalue weighted by molar-refractivity contribution is -0.138. The van der Waals surface area contributed by atoms with Gasteiger partial charge in [-0.1, -0.05) is 12.1 Å². The number of rotatable bonds is 7. The highest BCUT2D eigenvalue weighted by atomic mass is 32.2. The maximum Gasteiger partial charge on any atom is 0.268 e. The molecule has 0 unspecified atom stereocenters. The van der Waals surface area contributed by atoms with E-state index in [2.05, 4.69) is 0 Å². The first kappa shape index (κ1) is 18.3. The first-order valence-electron chi connectivity index (χ1n) is 8.53. The number of hydrogen-bond acceptors (Lipinski definition) is 5. The normalized spacial score (nSPS) is 14.7. The highest BCUT2D eigenvalue weighted by molar-refractivity contribution is 8.03. The summed E-state index contributed by atoms with van der Waals surface area (Å²) in [7, 11) is 0. The molecule has 0 radical (unpaired) electrons. The van der Waals surface area contributed by atoms with Gasteiger partial charge in [0.1, 0.15) is 11.5 Å². The summed E-state index contributed by atoms with van der Waals surface area (Å²) in [5.41, 5.74) is 1.17. The van der Waals surface area contributed by atoms with Crippen molar-refractivity contribution < 1.29 is 18.7 Å². The highest BCUT2D eigenvalue weighted by Crippen LogP contribution is 2.38. The zero-order valence-electron chi connectivity index (χ0n) is 15.0. The van der Waals surface area contributed by atoms with E-state index < -0.39 is 0 Å². The lowest BCUT2D eigenvalue weighted by Crippen LogP contribution is -2.37. The van der Waals surface area contributed by atoms with Crippen LogP contribution in [-0.4, -0.2) is 29.4 Å². The first-order chi connectivity index (χ1) is 12.5. The van der Waals surface area contributed by atoms with Gasteiger partial charge in [-0.2, -0.15) is 0 Å². The Morgan fingerprint density at radius 2 is 1.85 bits per heavy atom. The number of hydrogen-bond donors (Lipinski definition) is 0. The van der Waals surface area contributed by atoms with E-state index in [1.54, 1.807) is 12.3 Å². The maximum absolute atomic E-state index is 12.9. The Kier molecular flexibility index (Phi) is 5.52. The SMILES string of the molecule is CCOc1ccc(C2=C(SCc3ccco3)C(=O)N(C(C)C)C2=O)cc1. The largest absolute Gasteiger partial charge is 0.494 e. The van der Waals surface area contributed by atoms with Crippen LogP contribution in [0, 0.1) is 0 Å². The third kappa shape index (κ3) is 3.55. The van der Waals surface area contributed by atoms with Crippen molar-refractivity contribution in [2.24, 2.45) is 0 Å².